The number of hydrogen-bond donors (Lipinski definition) is 1. The molecule has 2 aliphatic rings. The molecule has 1 aromatic carbocycles. The Labute approximate surface area is 118 Å². The summed E-state index contributed by atoms with van der Waals surface area (Å²) in [5.74, 6) is 0. The number of anilines is 1. The zero-order valence-corrected chi connectivity index (χ0v) is 12.7. The molecule has 0 aliphatic carbocycles. The van der Waals surface area contributed by atoms with Gasteiger partial charge in [-0.15, -0.1) is 0 Å². The number of aryl methyl sites for hydroxylation is 1. The van der Waals surface area contributed by atoms with Crippen LogP contribution >= 0.6 is 15.9 Å². The van der Waals surface area contributed by atoms with Crippen LogP contribution in [0.2, 0.25) is 0 Å². The van der Waals surface area contributed by atoms with Crippen LogP contribution < -0.4 is 10.2 Å². The zero-order valence-electron chi connectivity index (χ0n) is 11.1. The minimum atomic E-state index is 0.717. The van der Waals surface area contributed by atoms with Gasteiger partial charge in [-0.2, -0.15) is 0 Å². The molecule has 0 saturated carbocycles. The zero-order chi connectivity index (χ0) is 12.7. The molecule has 0 aromatic heterocycles. The van der Waals surface area contributed by atoms with Crippen LogP contribution in [0.5, 0.6) is 0 Å². The van der Waals surface area contributed by atoms with E-state index in [1.54, 1.807) is 0 Å². The lowest BCUT2D eigenvalue weighted by Gasteiger charge is -2.41. The Bertz CT molecular complexity index is 432. The molecule has 1 N–H and O–H groups in total. The maximum atomic E-state index is 3.56. The number of nitrogens with one attached hydrogen (secondary N) is 1. The molecule has 2 nitrogen and oxygen atoms in total. The van der Waals surface area contributed by atoms with E-state index < -0.39 is 0 Å². The number of rotatable bonds is 2. The highest BCUT2D eigenvalue weighted by Gasteiger charge is 2.40. The molecule has 2 atom stereocenters. The predicted octanol–water partition coefficient (Wildman–Crippen LogP) is 3.48. The van der Waals surface area contributed by atoms with Crippen LogP contribution in [-0.4, -0.2) is 25.2 Å². The highest BCUT2D eigenvalue weighted by molar-refractivity contribution is 9.10. The van der Waals surface area contributed by atoms with Gasteiger partial charge in [0.1, 0.15) is 0 Å². The average molecular weight is 309 g/mol. The normalized spacial score (nSPS) is 30.8. The van der Waals surface area contributed by atoms with E-state index in [0.717, 1.165) is 18.1 Å². The Morgan fingerprint density at radius 3 is 2.44 bits per heavy atom. The molecular formula is C15H21BrN2. The van der Waals surface area contributed by atoms with Gasteiger partial charge in [-0.05, 0) is 63.4 Å². The number of benzene rings is 1. The third kappa shape index (κ3) is 2.08. The van der Waals surface area contributed by atoms with Gasteiger partial charge in [-0.3, -0.25) is 0 Å². The molecule has 1 aromatic rings. The van der Waals surface area contributed by atoms with Gasteiger partial charge >= 0.3 is 0 Å². The highest BCUT2D eigenvalue weighted by atomic mass is 79.9. The summed E-state index contributed by atoms with van der Waals surface area (Å²) < 4.78 is 1.18. The first-order valence-corrected chi connectivity index (χ1v) is 7.70. The van der Waals surface area contributed by atoms with Crippen LogP contribution in [0.15, 0.2) is 22.7 Å². The number of nitrogens with zero attached hydrogens (tertiary/aromatic N) is 1. The van der Waals surface area contributed by atoms with Crippen molar-refractivity contribution in [2.75, 3.05) is 11.9 Å². The summed E-state index contributed by atoms with van der Waals surface area (Å²) in [4.78, 5) is 2.69. The van der Waals surface area contributed by atoms with Gasteiger partial charge < -0.3 is 10.2 Å². The van der Waals surface area contributed by atoms with Crippen molar-refractivity contribution < 1.29 is 0 Å². The lowest BCUT2D eigenvalue weighted by molar-refractivity contribution is 0.373. The van der Waals surface area contributed by atoms with Crippen molar-refractivity contribution in [3.8, 4) is 0 Å². The highest BCUT2D eigenvalue weighted by Crippen LogP contribution is 2.40. The van der Waals surface area contributed by atoms with Crippen molar-refractivity contribution in [2.45, 2.75) is 50.7 Å². The Kier molecular flexibility index (Phi) is 3.37. The monoisotopic (exact) mass is 308 g/mol. The van der Waals surface area contributed by atoms with Crippen molar-refractivity contribution >= 4 is 21.6 Å². The van der Waals surface area contributed by atoms with Crippen molar-refractivity contribution in [2.24, 2.45) is 0 Å². The first-order chi connectivity index (χ1) is 8.69. The molecule has 98 valence electrons. The van der Waals surface area contributed by atoms with Gasteiger partial charge in [0.05, 0.1) is 0 Å². The molecule has 2 unspecified atom stereocenters. The maximum Gasteiger partial charge on any atom is 0.0401 e. The fraction of sp³-hybridized carbons (Fsp3) is 0.600. The Balaban J connectivity index is 1.89. The van der Waals surface area contributed by atoms with E-state index in [9.17, 15) is 0 Å². The SMILES string of the molecule is CNC1CC2CCC(C1)N2c1ccc(Br)cc1C. The molecule has 3 rings (SSSR count). The first kappa shape index (κ1) is 12.5. The van der Waals surface area contributed by atoms with E-state index in [4.69, 9.17) is 0 Å². The standard InChI is InChI=1S/C15H21BrN2/c1-10-7-11(16)3-6-15(10)18-13-4-5-14(18)9-12(8-13)17-2/h3,6-7,12-14,17H,4-5,8-9H2,1-2H3. The lowest BCUT2D eigenvalue weighted by atomic mass is 9.96. The fourth-order valence-corrected chi connectivity index (χ4v) is 4.19. The van der Waals surface area contributed by atoms with Crippen LogP contribution in [-0.2, 0) is 0 Å². The Morgan fingerprint density at radius 2 is 1.89 bits per heavy atom. The summed E-state index contributed by atoms with van der Waals surface area (Å²) in [5, 5.41) is 3.47. The molecule has 2 saturated heterocycles. The topological polar surface area (TPSA) is 15.3 Å². The molecule has 3 heteroatoms. The van der Waals surface area contributed by atoms with Crippen LogP contribution in [0.1, 0.15) is 31.2 Å². The van der Waals surface area contributed by atoms with E-state index in [2.05, 4.69) is 58.3 Å². The third-order valence-corrected chi connectivity index (χ3v) is 5.07. The van der Waals surface area contributed by atoms with Crippen molar-refractivity contribution in [3.05, 3.63) is 28.2 Å². The first-order valence-electron chi connectivity index (χ1n) is 6.91. The predicted molar refractivity (Wildman–Crippen MR) is 80.2 cm³/mol. The van der Waals surface area contributed by atoms with E-state index >= 15 is 0 Å². The molecular weight excluding hydrogens is 288 g/mol. The molecule has 2 bridgehead atoms. The van der Waals surface area contributed by atoms with Gasteiger partial charge in [-0.25, -0.2) is 0 Å². The van der Waals surface area contributed by atoms with Crippen molar-refractivity contribution in [1.82, 2.24) is 5.32 Å². The summed E-state index contributed by atoms with van der Waals surface area (Å²) >= 11 is 3.56. The number of hydrogen-bond acceptors (Lipinski definition) is 2. The van der Waals surface area contributed by atoms with Crippen LogP contribution in [0.3, 0.4) is 0 Å². The second kappa shape index (κ2) is 4.86. The van der Waals surface area contributed by atoms with Gasteiger partial charge in [0.2, 0.25) is 0 Å². The Hall–Kier alpha value is -0.540. The van der Waals surface area contributed by atoms with E-state index in [0.29, 0.717) is 0 Å². The molecule has 0 radical (unpaired) electrons. The summed E-state index contributed by atoms with van der Waals surface area (Å²) in [7, 11) is 2.10. The number of halogens is 1. The smallest absolute Gasteiger partial charge is 0.0401 e. The van der Waals surface area contributed by atoms with Gasteiger partial charge in [0.25, 0.3) is 0 Å². The molecule has 0 spiro atoms. The summed E-state index contributed by atoms with van der Waals surface area (Å²) in [6.45, 7) is 2.23. The van der Waals surface area contributed by atoms with Gasteiger partial charge in [0, 0.05) is 28.3 Å². The number of piperidine rings is 1. The van der Waals surface area contributed by atoms with Gasteiger partial charge in [0.15, 0.2) is 0 Å². The quantitative estimate of drug-likeness (QED) is 0.900. The van der Waals surface area contributed by atoms with Crippen LogP contribution in [0, 0.1) is 6.92 Å². The summed E-state index contributed by atoms with van der Waals surface area (Å²) in [5.41, 5.74) is 2.84. The maximum absolute atomic E-state index is 3.56. The lowest BCUT2D eigenvalue weighted by Crippen LogP contribution is -2.48. The second-order valence-corrected chi connectivity index (χ2v) is 6.60. The summed E-state index contributed by atoms with van der Waals surface area (Å²) in [6.07, 6.45) is 5.31. The van der Waals surface area contributed by atoms with Gasteiger partial charge in [-0.1, -0.05) is 15.9 Å². The van der Waals surface area contributed by atoms with Crippen molar-refractivity contribution in [3.63, 3.8) is 0 Å². The number of fused-ring (bicyclic) bond motifs is 2. The minimum Gasteiger partial charge on any atom is -0.365 e. The van der Waals surface area contributed by atoms with Crippen LogP contribution in [0.4, 0.5) is 5.69 Å². The molecule has 2 aliphatic heterocycles. The van der Waals surface area contributed by atoms with E-state index in [1.807, 2.05) is 0 Å². The third-order valence-electron chi connectivity index (χ3n) is 4.58. The largest absolute Gasteiger partial charge is 0.365 e. The summed E-state index contributed by atoms with van der Waals surface area (Å²) in [6, 6.07) is 8.88. The Morgan fingerprint density at radius 1 is 1.22 bits per heavy atom. The van der Waals surface area contributed by atoms with Crippen molar-refractivity contribution in [1.29, 1.82) is 0 Å². The van der Waals surface area contributed by atoms with E-state index in [-0.39, 0.29) is 0 Å². The second-order valence-electron chi connectivity index (χ2n) is 5.68. The average Bonchev–Trinajstić information content (AvgIpc) is 2.60. The van der Waals surface area contributed by atoms with E-state index in [1.165, 1.54) is 41.4 Å². The molecule has 2 heterocycles. The fourth-order valence-electron chi connectivity index (χ4n) is 3.71. The van der Waals surface area contributed by atoms with Crippen LogP contribution in [0.25, 0.3) is 0 Å². The molecule has 18 heavy (non-hydrogen) atoms. The molecule has 2 fully saturated rings. The molecule has 0 amide bonds. The minimum absolute atomic E-state index is 0.717.